The van der Waals surface area contributed by atoms with E-state index in [-0.39, 0.29) is 0 Å². The molecule has 0 atom stereocenters. The first kappa shape index (κ1) is 16.8. The van der Waals surface area contributed by atoms with Gasteiger partial charge in [0.05, 0.1) is 5.56 Å². The molecule has 26 heavy (non-hydrogen) atoms. The molecule has 0 radical (unpaired) electrons. The van der Waals surface area contributed by atoms with Crippen molar-refractivity contribution in [3.05, 3.63) is 65.4 Å². The summed E-state index contributed by atoms with van der Waals surface area (Å²) >= 11 is 0. The van der Waals surface area contributed by atoms with Gasteiger partial charge in [-0.25, -0.2) is 4.57 Å². The zero-order valence-corrected chi connectivity index (χ0v) is 16.3. The molecular formula is C24H26NO+. The molecule has 2 aromatic carbocycles. The second-order valence-corrected chi connectivity index (χ2v) is 7.86. The quantitative estimate of drug-likeness (QED) is 0.423. The highest BCUT2D eigenvalue weighted by Crippen LogP contribution is 2.37. The van der Waals surface area contributed by atoms with E-state index in [2.05, 4.69) is 88.0 Å². The van der Waals surface area contributed by atoms with Crippen LogP contribution in [0.15, 0.2) is 53.1 Å². The molecule has 0 saturated carbocycles. The summed E-state index contributed by atoms with van der Waals surface area (Å²) in [5.74, 6) is 0.640. The topological polar surface area (TPSA) is 17.0 Å². The fourth-order valence-corrected chi connectivity index (χ4v) is 3.82. The predicted molar refractivity (Wildman–Crippen MR) is 108 cm³/mol. The second-order valence-electron chi connectivity index (χ2n) is 7.86. The van der Waals surface area contributed by atoms with Crippen LogP contribution in [0.1, 0.15) is 30.5 Å². The van der Waals surface area contributed by atoms with Crippen LogP contribution in [0.25, 0.3) is 33.2 Å². The van der Waals surface area contributed by atoms with Crippen LogP contribution in [0.2, 0.25) is 0 Å². The number of benzene rings is 2. The van der Waals surface area contributed by atoms with Crippen molar-refractivity contribution in [3.63, 3.8) is 0 Å². The van der Waals surface area contributed by atoms with E-state index in [9.17, 15) is 0 Å². The maximum absolute atomic E-state index is 6.36. The minimum absolute atomic E-state index is 0.640. The van der Waals surface area contributed by atoms with Gasteiger partial charge in [0.25, 0.3) is 0 Å². The van der Waals surface area contributed by atoms with Crippen molar-refractivity contribution in [1.82, 2.24) is 0 Å². The normalized spacial score (nSPS) is 11.8. The molecule has 0 aliphatic rings. The molecule has 2 heteroatoms. The smallest absolute Gasteiger partial charge is 0.216 e. The number of furan rings is 1. The van der Waals surface area contributed by atoms with Gasteiger partial charge in [0.1, 0.15) is 18.2 Å². The fourth-order valence-electron chi connectivity index (χ4n) is 3.82. The number of rotatable bonds is 3. The molecule has 4 rings (SSSR count). The molecule has 0 saturated heterocycles. The van der Waals surface area contributed by atoms with Gasteiger partial charge in [0, 0.05) is 22.9 Å². The molecule has 132 valence electrons. The first-order valence-corrected chi connectivity index (χ1v) is 9.35. The summed E-state index contributed by atoms with van der Waals surface area (Å²) < 4.78 is 8.56. The third-order valence-electron chi connectivity index (χ3n) is 5.12. The molecule has 0 spiro atoms. The van der Waals surface area contributed by atoms with Gasteiger partial charge in [-0.1, -0.05) is 38.1 Å². The van der Waals surface area contributed by atoms with E-state index in [4.69, 9.17) is 4.42 Å². The summed E-state index contributed by atoms with van der Waals surface area (Å²) in [7, 11) is 2.11. The molecule has 2 aromatic heterocycles. The van der Waals surface area contributed by atoms with Crippen molar-refractivity contribution < 1.29 is 8.98 Å². The molecule has 0 aliphatic carbocycles. The third-order valence-corrected chi connectivity index (χ3v) is 5.12. The summed E-state index contributed by atoms with van der Waals surface area (Å²) in [4.78, 5) is 0. The molecule has 0 fully saturated rings. The molecule has 4 aromatic rings. The highest BCUT2D eigenvalue weighted by molar-refractivity contribution is 6.09. The van der Waals surface area contributed by atoms with Crippen LogP contribution >= 0.6 is 0 Å². The van der Waals surface area contributed by atoms with E-state index >= 15 is 0 Å². The Morgan fingerprint density at radius 1 is 0.962 bits per heavy atom. The SMILES string of the molecule is Cc1ccc2c(c1)oc1c(-c3cc(CC(C)C)cc[n+]3C)c(C)ccc12. The second kappa shape index (κ2) is 6.28. The van der Waals surface area contributed by atoms with Gasteiger partial charge in [-0.3, -0.25) is 0 Å². The summed E-state index contributed by atoms with van der Waals surface area (Å²) in [5, 5.41) is 2.38. The van der Waals surface area contributed by atoms with E-state index in [1.54, 1.807) is 0 Å². The Labute approximate surface area is 155 Å². The van der Waals surface area contributed by atoms with Gasteiger partial charge < -0.3 is 4.42 Å². The first-order chi connectivity index (χ1) is 12.4. The number of aromatic nitrogens is 1. The van der Waals surface area contributed by atoms with Crippen LogP contribution in [0.5, 0.6) is 0 Å². The maximum atomic E-state index is 6.36. The largest absolute Gasteiger partial charge is 0.455 e. The Morgan fingerprint density at radius 2 is 1.73 bits per heavy atom. The molecular weight excluding hydrogens is 318 g/mol. The van der Waals surface area contributed by atoms with Gasteiger partial charge >= 0.3 is 0 Å². The van der Waals surface area contributed by atoms with E-state index in [0.717, 1.165) is 17.6 Å². The molecule has 0 N–H and O–H groups in total. The van der Waals surface area contributed by atoms with Crippen molar-refractivity contribution in [3.8, 4) is 11.3 Å². The van der Waals surface area contributed by atoms with Crippen molar-refractivity contribution in [1.29, 1.82) is 0 Å². The Balaban J connectivity index is 2.02. The number of nitrogens with zero attached hydrogens (tertiary/aromatic N) is 1. The zero-order chi connectivity index (χ0) is 18.4. The van der Waals surface area contributed by atoms with Crippen molar-refractivity contribution >= 4 is 21.9 Å². The van der Waals surface area contributed by atoms with Gasteiger partial charge in [0.2, 0.25) is 5.69 Å². The summed E-state index contributed by atoms with van der Waals surface area (Å²) in [6, 6.07) is 15.4. The molecule has 0 bridgehead atoms. The predicted octanol–water partition coefficient (Wildman–Crippen LogP) is 5.89. The van der Waals surface area contributed by atoms with E-state index in [1.165, 1.54) is 38.7 Å². The lowest BCUT2D eigenvalue weighted by atomic mass is 9.97. The highest BCUT2D eigenvalue weighted by Gasteiger charge is 2.21. The zero-order valence-electron chi connectivity index (χ0n) is 16.3. The van der Waals surface area contributed by atoms with Crippen LogP contribution in [0.3, 0.4) is 0 Å². The number of fused-ring (bicyclic) bond motifs is 3. The highest BCUT2D eigenvalue weighted by atomic mass is 16.3. The lowest BCUT2D eigenvalue weighted by Crippen LogP contribution is -2.31. The van der Waals surface area contributed by atoms with Crippen LogP contribution in [-0.2, 0) is 13.5 Å². The first-order valence-electron chi connectivity index (χ1n) is 9.35. The van der Waals surface area contributed by atoms with Gasteiger partial charge in [-0.15, -0.1) is 0 Å². The van der Waals surface area contributed by atoms with Crippen molar-refractivity contribution in [2.75, 3.05) is 0 Å². The summed E-state index contributed by atoms with van der Waals surface area (Å²) in [6.07, 6.45) is 3.25. The lowest BCUT2D eigenvalue weighted by molar-refractivity contribution is -0.660. The van der Waals surface area contributed by atoms with Gasteiger partial charge in [0.15, 0.2) is 6.20 Å². The van der Waals surface area contributed by atoms with Crippen molar-refractivity contribution in [2.24, 2.45) is 13.0 Å². The van der Waals surface area contributed by atoms with E-state index in [1.807, 2.05) is 0 Å². The average molecular weight is 344 g/mol. The number of hydrogen-bond acceptors (Lipinski definition) is 1. The van der Waals surface area contributed by atoms with Crippen LogP contribution in [0.4, 0.5) is 0 Å². The van der Waals surface area contributed by atoms with Crippen LogP contribution in [-0.4, -0.2) is 0 Å². The molecule has 2 nitrogen and oxygen atoms in total. The number of pyridine rings is 1. The Morgan fingerprint density at radius 3 is 2.50 bits per heavy atom. The Hall–Kier alpha value is -2.61. The van der Waals surface area contributed by atoms with Crippen LogP contribution in [0, 0.1) is 19.8 Å². The maximum Gasteiger partial charge on any atom is 0.216 e. The fraction of sp³-hybridized carbons (Fsp3) is 0.292. The average Bonchev–Trinajstić information content (AvgIpc) is 2.93. The summed E-state index contributed by atoms with van der Waals surface area (Å²) in [5.41, 5.74) is 8.20. The molecule has 0 aliphatic heterocycles. The molecule has 0 unspecified atom stereocenters. The van der Waals surface area contributed by atoms with Crippen LogP contribution < -0.4 is 4.57 Å². The third kappa shape index (κ3) is 2.80. The standard InChI is InChI=1S/C24H26NO/c1-15(2)12-18-10-11-25(5)21(14-18)23-17(4)7-9-20-19-8-6-16(3)13-22(19)26-24(20)23/h6-11,13-15H,12H2,1-5H3/q+1. The van der Waals surface area contributed by atoms with Gasteiger partial charge in [-0.05, 0) is 48.9 Å². The number of aryl methyl sites for hydroxylation is 3. The Kier molecular flexibility index (Phi) is 4.07. The molecule has 0 amide bonds. The summed E-state index contributed by atoms with van der Waals surface area (Å²) in [6.45, 7) is 8.80. The monoisotopic (exact) mass is 344 g/mol. The Bertz CT molecular complexity index is 1120. The van der Waals surface area contributed by atoms with Gasteiger partial charge in [-0.2, -0.15) is 0 Å². The minimum Gasteiger partial charge on any atom is -0.455 e. The lowest BCUT2D eigenvalue weighted by Gasteiger charge is -2.09. The minimum atomic E-state index is 0.640. The van der Waals surface area contributed by atoms with E-state index in [0.29, 0.717) is 5.92 Å². The molecule has 2 heterocycles. The van der Waals surface area contributed by atoms with Crippen molar-refractivity contribution in [2.45, 2.75) is 34.1 Å². The van der Waals surface area contributed by atoms with E-state index < -0.39 is 0 Å². The number of hydrogen-bond donors (Lipinski definition) is 0.